The van der Waals surface area contributed by atoms with E-state index in [1.165, 1.54) is 34.0 Å². The number of aromatic nitrogens is 4. The largest absolute Gasteiger partial charge is 0.441 e. The molecule has 2 fully saturated rings. The Morgan fingerprint density at radius 2 is 1.79 bits per heavy atom. The topological polar surface area (TPSA) is 82.3 Å². The summed E-state index contributed by atoms with van der Waals surface area (Å²) in [6.45, 7) is 0.425. The molecule has 6 rings (SSSR count). The SMILES string of the molecule is O=C1OC2(CC2)CN1c1ccc(-n2ccc(=O)c(-c3ccnn3-c3ccccc3)n2)c(F)c1. The Morgan fingerprint density at radius 3 is 2.52 bits per heavy atom. The van der Waals surface area contributed by atoms with E-state index in [2.05, 4.69) is 10.2 Å². The van der Waals surface area contributed by atoms with Gasteiger partial charge in [-0.1, -0.05) is 18.2 Å². The van der Waals surface area contributed by atoms with Gasteiger partial charge in [-0.25, -0.2) is 18.5 Å². The minimum Gasteiger partial charge on any atom is -0.441 e. The Bertz CT molecular complexity index is 1440. The molecular weight excluding hydrogens is 425 g/mol. The second-order valence-corrected chi connectivity index (χ2v) is 8.21. The first-order valence-corrected chi connectivity index (χ1v) is 10.5. The zero-order valence-corrected chi connectivity index (χ0v) is 17.4. The van der Waals surface area contributed by atoms with Crippen LogP contribution in [0.15, 0.2) is 77.9 Å². The first-order valence-electron chi connectivity index (χ1n) is 10.5. The summed E-state index contributed by atoms with van der Waals surface area (Å²) < 4.78 is 23.4. The van der Waals surface area contributed by atoms with Gasteiger partial charge in [0.2, 0.25) is 5.43 Å². The second-order valence-electron chi connectivity index (χ2n) is 8.21. The van der Waals surface area contributed by atoms with Crippen LogP contribution in [0.4, 0.5) is 14.9 Å². The molecule has 0 N–H and O–H groups in total. The molecular formula is C24H18FN5O3. The average molecular weight is 443 g/mol. The average Bonchev–Trinajstić information content (AvgIpc) is 3.25. The molecule has 0 radical (unpaired) electrons. The van der Waals surface area contributed by atoms with Gasteiger partial charge < -0.3 is 4.74 Å². The van der Waals surface area contributed by atoms with Gasteiger partial charge in [-0.3, -0.25) is 9.69 Å². The molecule has 164 valence electrons. The molecule has 1 saturated heterocycles. The van der Waals surface area contributed by atoms with Gasteiger partial charge in [-0.2, -0.15) is 10.2 Å². The van der Waals surface area contributed by atoms with Crippen molar-refractivity contribution in [1.29, 1.82) is 0 Å². The van der Waals surface area contributed by atoms with Crippen LogP contribution in [0.25, 0.3) is 22.8 Å². The molecule has 2 aromatic heterocycles. The Kier molecular flexibility index (Phi) is 4.19. The Morgan fingerprint density at radius 1 is 0.970 bits per heavy atom. The van der Waals surface area contributed by atoms with Crippen molar-refractivity contribution < 1.29 is 13.9 Å². The van der Waals surface area contributed by atoms with Crippen LogP contribution >= 0.6 is 0 Å². The molecule has 4 aromatic rings. The van der Waals surface area contributed by atoms with Gasteiger partial charge in [0.1, 0.15) is 11.3 Å². The van der Waals surface area contributed by atoms with Crippen LogP contribution in [0.5, 0.6) is 0 Å². The number of carbonyl (C=O) groups excluding carboxylic acids is 1. The summed E-state index contributed by atoms with van der Waals surface area (Å²) >= 11 is 0. The van der Waals surface area contributed by atoms with Crippen molar-refractivity contribution in [3.05, 3.63) is 89.1 Å². The summed E-state index contributed by atoms with van der Waals surface area (Å²) in [6, 6.07) is 16.9. The highest BCUT2D eigenvalue weighted by Crippen LogP contribution is 2.45. The van der Waals surface area contributed by atoms with E-state index in [-0.39, 0.29) is 16.8 Å². The van der Waals surface area contributed by atoms with Crippen LogP contribution in [-0.4, -0.2) is 37.8 Å². The van der Waals surface area contributed by atoms with Crippen molar-refractivity contribution in [3.63, 3.8) is 0 Å². The van der Waals surface area contributed by atoms with Crippen LogP contribution in [0.1, 0.15) is 12.8 Å². The highest BCUT2D eigenvalue weighted by Gasteiger charge is 2.54. The monoisotopic (exact) mass is 443 g/mol. The van der Waals surface area contributed by atoms with Crippen LogP contribution in [-0.2, 0) is 4.74 Å². The smallest absolute Gasteiger partial charge is 0.415 e. The maximum Gasteiger partial charge on any atom is 0.415 e. The first kappa shape index (κ1) is 19.4. The van der Waals surface area contributed by atoms with Gasteiger partial charge in [-0.05, 0) is 49.2 Å². The zero-order valence-electron chi connectivity index (χ0n) is 17.4. The molecule has 0 unspecified atom stereocenters. The molecule has 2 aromatic carbocycles. The molecule has 1 saturated carbocycles. The molecule has 1 amide bonds. The molecule has 1 aliphatic heterocycles. The molecule has 1 aliphatic carbocycles. The fraction of sp³-hybridized carbons (Fsp3) is 0.167. The maximum atomic E-state index is 15.1. The van der Waals surface area contributed by atoms with Crippen molar-refractivity contribution >= 4 is 11.8 Å². The number of anilines is 1. The Labute approximate surface area is 187 Å². The van der Waals surface area contributed by atoms with E-state index in [0.29, 0.717) is 17.9 Å². The summed E-state index contributed by atoms with van der Waals surface area (Å²) in [5, 5.41) is 8.71. The Hall–Kier alpha value is -4.27. The van der Waals surface area contributed by atoms with Crippen LogP contribution in [0.2, 0.25) is 0 Å². The lowest BCUT2D eigenvalue weighted by molar-refractivity contribution is 0.129. The normalized spacial score (nSPS) is 16.3. The third kappa shape index (κ3) is 3.29. The maximum absolute atomic E-state index is 15.1. The minimum absolute atomic E-state index is 0.140. The predicted octanol–water partition coefficient (Wildman–Crippen LogP) is 3.71. The van der Waals surface area contributed by atoms with E-state index in [1.54, 1.807) is 23.0 Å². The number of ether oxygens (including phenoxy) is 1. The van der Waals surface area contributed by atoms with E-state index < -0.39 is 17.5 Å². The Balaban J connectivity index is 1.37. The molecule has 0 bridgehead atoms. The molecule has 2 aliphatic rings. The molecule has 9 heteroatoms. The fourth-order valence-electron chi connectivity index (χ4n) is 4.05. The number of hydrogen-bond donors (Lipinski definition) is 0. The number of benzene rings is 2. The van der Waals surface area contributed by atoms with Gasteiger partial charge >= 0.3 is 6.09 Å². The third-order valence-corrected chi connectivity index (χ3v) is 5.96. The number of nitrogens with zero attached hydrogens (tertiary/aromatic N) is 5. The molecule has 3 heterocycles. The summed E-state index contributed by atoms with van der Waals surface area (Å²) in [7, 11) is 0. The second kappa shape index (κ2) is 7.13. The van der Waals surface area contributed by atoms with Crippen molar-refractivity contribution in [3.8, 4) is 22.8 Å². The molecule has 8 nitrogen and oxygen atoms in total. The summed E-state index contributed by atoms with van der Waals surface area (Å²) in [6.07, 6.45) is 4.20. The van der Waals surface area contributed by atoms with E-state index in [0.717, 1.165) is 18.5 Å². The molecule has 33 heavy (non-hydrogen) atoms. The van der Waals surface area contributed by atoms with Crippen LogP contribution < -0.4 is 10.3 Å². The first-order chi connectivity index (χ1) is 16.0. The van der Waals surface area contributed by atoms with Gasteiger partial charge in [0.25, 0.3) is 0 Å². The van der Waals surface area contributed by atoms with Gasteiger partial charge in [-0.15, -0.1) is 0 Å². The zero-order chi connectivity index (χ0) is 22.6. The third-order valence-electron chi connectivity index (χ3n) is 5.96. The van der Waals surface area contributed by atoms with Crippen LogP contribution in [0.3, 0.4) is 0 Å². The number of carbonyl (C=O) groups is 1. The van der Waals surface area contributed by atoms with Gasteiger partial charge in [0, 0.05) is 12.3 Å². The van der Waals surface area contributed by atoms with E-state index in [9.17, 15) is 9.59 Å². The lowest BCUT2D eigenvalue weighted by Crippen LogP contribution is -2.25. The summed E-state index contributed by atoms with van der Waals surface area (Å²) in [5.74, 6) is -0.573. The van der Waals surface area contributed by atoms with Crippen LogP contribution in [0, 0.1) is 5.82 Å². The van der Waals surface area contributed by atoms with Crippen molar-refractivity contribution in [2.75, 3.05) is 11.4 Å². The lowest BCUT2D eigenvalue weighted by atomic mass is 10.2. The number of rotatable bonds is 4. The van der Waals surface area contributed by atoms with Gasteiger partial charge in [0.15, 0.2) is 11.5 Å². The molecule has 1 spiro atoms. The quantitative estimate of drug-likeness (QED) is 0.480. The highest BCUT2D eigenvalue weighted by molar-refractivity contribution is 5.90. The number of halogens is 1. The predicted molar refractivity (Wildman–Crippen MR) is 118 cm³/mol. The van der Waals surface area contributed by atoms with Gasteiger partial charge in [0.05, 0.1) is 29.8 Å². The van der Waals surface area contributed by atoms with Crippen molar-refractivity contribution in [1.82, 2.24) is 19.6 Å². The summed E-state index contributed by atoms with van der Waals surface area (Å²) in [4.78, 5) is 26.3. The number of para-hydroxylation sites is 1. The molecule has 0 atom stereocenters. The fourth-order valence-corrected chi connectivity index (χ4v) is 4.05. The number of amides is 1. The van der Waals surface area contributed by atoms with E-state index >= 15 is 4.39 Å². The highest BCUT2D eigenvalue weighted by atomic mass is 19.1. The number of hydrogen-bond acceptors (Lipinski definition) is 5. The van der Waals surface area contributed by atoms with E-state index in [4.69, 9.17) is 4.74 Å². The van der Waals surface area contributed by atoms with Crippen molar-refractivity contribution in [2.24, 2.45) is 0 Å². The summed E-state index contributed by atoms with van der Waals surface area (Å²) in [5.41, 5.74) is 1.27. The van der Waals surface area contributed by atoms with Crippen molar-refractivity contribution in [2.45, 2.75) is 18.4 Å². The van der Waals surface area contributed by atoms with E-state index in [1.807, 2.05) is 30.3 Å². The standard InChI is InChI=1S/C24H18FN5O3/c25-18-14-17(28-15-24(10-11-24)33-23(28)32)6-7-19(18)29-13-9-21(31)22(27-29)20-8-12-26-30(20)16-4-2-1-3-5-16/h1-9,12-14H,10-11,15H2. The minimum atomic E-state index is -0.573. The lowest BCUT2D eigenvalue weighted by Gasteiger charge is -2.15.